The second kappa shape index (κ2) is 4.87. The maximum atomic E-state index is 5.86. The Morgan fingerprint density at radius 1 is 1.31 bits per heavy atom. The standard InChI is InChI=1S/C11H17NO/c1-3-9-6-5-7-11(12)10(9)8-13-4-2/h5-7H,3-4,8,12H2,1-2H3. The van der Waals surface area contributed by atoms with Crippen LogP contribution in [0.2, 0.25) is 0 Å². The Balaban J connectivity index is 2.87. The Morgan fingerprint density at radius 3 is 2.69 bits per heavy atom. The van der Waals surface area contributed by atoms with Crippen molar-refractivity contribution in [3.8, 4) is 0 Å². The number of benzene rings is 1. The van der Waals surface area contributed by atoms with E-state index in [2.05, 4.69) is 13.0 Å². The summed E-state index contributed by atoms with van der Waals surface area (Å²) >= 11 is 0. The summed E-state index contributed by atoms with van der Waals surface area (Å²) in [6.07, 6.45) is 1.01. The fraction of sp³-hybridized carbons (Fsp3) is 0.455. The maximum absolute atomic E-state index is 5.86. The molecule has 0 aliphatic carbocycles. The van der Waals surface area contributed by atoms with Gasteiger partial charge in [-0.05, 0) is 25.0 Å². The molecule has 13 heavy (non-hydrogen) atoms. The lowest BCUT2D eigenvalue weighted by molar-refractivity contribution is 0.134. The molecule has 0 saturated carbocycles. The molecule has 0 atom stereocenters. The van der Waals surface area contributed by atoms with Crippen LogP contribution in [-0.2, 0) is 17.8 Å². The van der Waals surface area contributed by atoms with E-state index < -0.39 is 0 Å². The van der Waals surface area contributed by atoms with E-state index >= 15 is 0 Å². The van der Waals surface area contributed by atoms with Gasteiger partial charge in [0.15, 0.2) is 0 Å². The van der Waals surface area contributed by atoms with Gasteiger partial charge in [-0.15, -0.1) is 0 Å². The molecule has 0 aliphatic rings. The van der Waals surface area contributed by atoms with Gasteiger partial charge >= 0.3 is 0 Å². The third-order valence-corrected chi connectivity index (χ3v) is 2.14. The molecule has 1 rings (SSSR count). The molecule has 0 unspecified atom stereocenters. The summed E-state index contributed by atoms with van der Waals surface area (Å²) in [6.45, 7) is 5.48. The third-order valence-electron chi connectivity index (χ3n) is 2.14. The molecule has 2 heteroatoms. The highest BCUT2D eigenvalue weighted by Gasteiger charge is 2.03. The van der Waals surface area contributed by atoms with Crippen molar-refractivity contribution in [1.29, 1.82) is 0 Å². The topological polar surface area (TPSA) is 35.2 Å². The molecule has 2 N–H and O–H groups in total. The first-order chi connectivity index (χ1) is 6.29. The van der Waals surface area contributed by atoms with Crippen LogP contribution in [0.15, 0.2) is 18.2 Å². The zero-order chi connectivity index (χ0) is 9.68. The predicted molar refractivity (Wildman–Crippen MR) is 55.6 cm³/mol. The number of nitrogen functional groups attached to an aromatic ring is 1. The first-order valence-corrected chi connectivity index (χ1v) is 4.73. The van der Waals surface area contributed by atoms with Gasteiger partial charge in [0.05, 0.1) is 6.61 Å². The summed E-state index contributed by atoms with van der Waals surface area (Å²) in [5, 5.41) is 0. The Morgan fingerprint density at radius 2 is 2.08 bits per heavy atom. The third kappa shape index (κ3) is 2.46. The minimum Gasteiger partial charge on any atom is -0.398 e. The average Bonchev–Trinajstić information content (AvgIpc) is 2.15. The van der Waals surface area contributed by atoms with Gasteiger partial charge < -0.3 is 10.5 Å². The summed E-state index contributed by atoms with van der Waals surface area (Å²) in [5.41, 5.74) is 9.13. The van der Waals surface area contributed by atoms with Crippen molar-refractivity contribution >= 4 is 5.69 Å². The molecule has 0 amide bonds. The molecule has 0 aliphatic heterocycles. The smallest absolute Gasteiger partial charge is 0.0739 e. The molecule has 0 aromatic heterocycles. The van der Waals surface area contributed by atoms with Gasteiger partial charge in [-0.1, -0.05) is 19.1 Å². The maximum Gasteiger partial charge on any atom is 0.0739 e. The van der Waals surface area contributed by atoms with Crippen molar-refractivity contribution in [2.75, 3.05) is 12.3 Å². The highest BCUT2D eigenvalue weighted by molar-refractivity contribution is 5.50. The van der Waals surface area contributed by atoms with E-state index in [0.717, 1.165) is 24.3 Å². The van der Waals surface area contributed by atoms with Crippen LogP contribution in [0.4, 0.5) is 5.69 Å². The van der Waals surface area contributed by atoms with Gasteiger partial charge in [-0.25, -0.2) is 0 Å². The lowest BCUT2D eigenvalue weighted by atomic mass is 10.0. The highest BCUT2D eigenvalue weighted by atomic mass is 16.5. The van der Waals surface area contributed by atoms with Gasteiger partial charge in [-0.2, -0.15) is 0 Å². The summed E-state index contributed by atoms with van der Waals surface area (Å²) in [5.74, 6) is 0. The van der Waals surface area contributed by atoms with Gasteiger partial charge in [0, 0.05) is 17.9 Å². The van der Waals surface area contributed by atoms with Crippen LogP contribution in [0.5, 0.6) is 0 Å². The van der Waals surface area contributed by atoms with Crippen molar-refractivity contribution in [3.63, 3.8) is 0 Å². The van der Waals surface area contributed by atoms with E-state index in [1.807, 2.05) is 19.1 Å². The lowest BCUT2D eigenvalue weighted by Crippen LogP contribution is -2.01. The molecule has 0 bridgehead atoms. The quantitative estimate of drug-likeness (QED) is 0.720. The van der Waals surface area contributed by atoms with E-state index in [1.165, 1.54) is 5.56 Å². The molecule has 0 fully saturated rings. The second-order valence-corrected chi connectivity index (χ2v) is 2.98. The van der Waals surface area contributed by atoms with E-state index in [4.69, 9.17) is 10.5 Å². The van der Waals surface area contributed by atoms with Crippen molar-refractivity contribution < 1.29 is 4.74 Å². The summed E-state index contributed by atoms with van der Waals surface area (Å²) in [7, 11) is 0. The fourth-order valence-electron chi connectivity index (χ4n) is 1.37. The second-order valence-electron chi connectivity index (χ2n) is 2.98. The lowest BCUT2D eigenvalue weighted by Gasteiger charge is -2.10. The van der Waals surface area contributed by atoms with Crippen molar-refractivity contribution in [2.24, 2.45) is 0 Å². The van der Waals surface area contributed by atoms with E-state index in [-0.39, 0.29) is 0 Å². The largest absolute Gasteiger partial charge is 0.398 e. The number of hydrogen-bond acceptors (Lipinski definition) is 2. The van der Waals surface area contributed by atoms with Crippen molar-refractivity contribution in [1.82, 2.24) is 0 Å². The monoisotopic (exact) mass is 179 g/mol. The predicted octanol–water partition coefficient (Wildman–Crippen LogP) is 2.37. The molecule has 1 aromatic carbocycles. The molecular formula is C11H17NO. The average molecular weight is 179 g/mol. The molecular weight excluding hydrogens is 162 g/mol. The van der Waals surface area contributed by atoms with Crippen LogP contribution in [-0.4, -0.2) is 6.61 Å². The summed E-state index contributed by atoms with van der Waals surface area (Å²) in [4.78, 5) is 0. The zero-order valence-electron chi connectivity index (χ0n) is 8.34. The number of aryl methyl sites for hydroxylation is 1. The Hall–Kier alpha value is -1.02. The molecule has 0 saturated heterocycles. The number of ether oxygens (including phenoxy) is 1. The number of hydrogen-bond donors (Lipinski definition) is 1. The van der Waals surface area contributed by atoms with E-state index in [9.17, 15) is 0 Å². The number of nitrogens with two attached hydrogens (primary N) is 1. The number of anilines is 1. The van der Waals surface area contributed by atoms with Crippen LogP contribution >= 0.6 is 0 Å². The first kappa shape index (κ1) is 10.1. The van der Waals surface area contributed by atoms with Crippen LogP contribution in [0.3, 0.4) is 0 Å². The summed E-state index contributed by atoms with van der Waals surface area (Å²) < 4.78 is 5.36. The zero-order valence-corrected chi connectivity index (χ0v) is 8.34. The first-order valence-electron chi connectivity index (χ1n) is 4.73. The Labute approximate surface area is 79.7 Å². The molecule has 72 valence electrons. The van der Waals surface area contributed by atoms with Crippen LogP contribution in [0.1, 0.15) is 25.0 Å². The molecule has 2 nitrogen and oxygen atoms in total. The highest BCUT2D eigenvalue weighted by Crippen LogP contribution is 2.18. The van der Waals surface area contributed by atoms with Gasteiger partial charge in [0.1, 0.15) is 0 Å². The van der Waals surface area contributed by atoms with Crippen LogP contribution < -0.4 is 5.73 Å². The fourth-order valence-corrected chi connectivity index (χ4v) is 1.37. The van der Waals surface area contributed by atoms with Crippen molar-refractivity contribution in [2.45, 2.75) is 26.9 Å². The minimum atomic E-state index is 0.631. The van der Waals surface area contributed by atoms with Crippen LogP contribution in [0, 0.1) is 0 Å². The molecule has 1 aromatic rings. The minimum absolute atomic E-state index is 0.631. The van der Waals surface area contributed by atoms with E-state index in [1.54, 1.807) is 0 Å². The molecule has 0 heterocycles. The van der Waals surface area contributed by atoms with E-state index in [0.29, 0.717) is 6.61 Å². The molecule has 0 spiro atoms. The van der Waals surface area contributed by atoms with Crippen molar-refractivity contribution in [3.05, 3.63) is 29.3 Å². The Bertz CT molecular complexity index is 271. The SMILES string of the molecule is CCOCc1c(N)cccc1CC. The number of rotatable bonds is 4. The normalized spacial score (nSPS) is 10.3. The molecule has 0 radical (unpaired) electrons. The van der Waals surface area contributed by atoms with Gasteiger partial charge in [-0.3, -0.25) is 0 Å². The Kier molecular flexibility index (Phi) is 3.77. The van der Waals surface area contributed by atoms with Gasteiger partial charge in [0.2, 0.25) is 0 Å². The summed E-state index contributed by atoms with van der Waals surface area (Å²) in [6, 6.07) is 6.02. The van der Waals surface area contributed by atoms with Gasteiger partial charge in [0.25, 0.3) is 0 Å². The van der Waals surface area contributed by atoms with Crippen LogP contribution in [0.25, 0.3) is 0 Å².